The third-order valence-corrected chi connectivity index (χ3v) is 1.77. The van der Waals surface area contributed by atoms with E-state index in [-0.39, 0.29) is 16.5 Å². The van der Waals surface area contributed by atoms with Crippen molar-refractivity contribution in [3.8, 4) is 0 Å². The lowest BCUT2D eigenvalue weighted by atomic mass is 10.2. The van der Waals surface area contributed by atoms with E-state index < -0.39 is 0 Å². The van der Waals surface area contributed by atoms with Crippen molar-refractivity contribution in [3.05, 3.63) is 22.9 Å². The molecule has 3 nitrogen and oxygen atoms in total. The van der Waals surface area contributed by atoms with Crippen molar-refractivity contribution < 1.29 is 4.74 Å². The van der Waals surface area contributed by atoms with Crippen LogP contribution in [0.2, 0.25) is 0 Å². The van der Waals surface area contributed by atoms with Crippen LogP contribution in [0.25, 0.3) is 0 Å². The number of nitrogens with one attached hydrogen (secondary N) is 2. The summed E-state index contributed by atoms with van der Waals surface area (Å²) in [7, 11) is 1.49. The standard InChI is InChI=1S/C9H13ClN2O/c1-4-9(13-3)8(12)5-7(10)6(2)11/h4-5,11-12H,1-3H3/b7-5+,9-4?,11-6?,12-8?. The third-order valence-electron chi connectivity index (χ3n) is 1.38. The maximum atomic E-state index is 7.52. The Balaban J connectivity index is 4.64. The first-order chi connectivity index (χ1) is 6.02. The Hall–Kier alpha value is -1.09. The monoisotopic (exact) mass is 200 g/mol. The van der Waals surface area contributed by atoms with Crippen LogP contribution in [-0.4, -0.2) is 18.5 Å². The van der Waals surface area contributed by atoms with Crippen LogP contribution >= 0.6 is 11.6 Å². The lowest BCUT2D eigenvalue weighted by Gasteiger charge is -2.03. The Bertz CT molecular complexity index is 279. The lowest BCUT2D eigenvalue weighted by molar-refractivity contribution is 0.314. The van der Waals surface area contributed by atoms with Crippen molar-refractivity contribution in [2.45, 2.75) is 13.8 Å². The molecule has 0 aromatic rings. The summed E-state index contributed by atoms with van der Waals surface area (Å²) >= 11 is 5.68. The van der Waals surface area contributed by atoms with E-state index in [0.29, 0.717) is 5.76 Å². The van der Waals surface area contributed by atoms with Gasteiger partial charge in [0.1, 0.15) is 5.76 Å². The van der Waals surface area contributed by atoms with Crippen LogP contribution in [0.4, 0.5) is 0 Å². The fourth-order valence-corrected chi connectivity index (χ4v) is 0.799. The topological polar surface area (TPSA) is 56.9 Å². The van der Waals surface area contributed by atoms with E-state index in [4.69, 9.17) is 27.2 Å². The fraction of sp³-hybridized carbons (Fsp3) is 0.333. The van der Waals surface area contributed by atoms with Crippen LogP contribution in [0.5, 0.6) is 0 Å². The van der Waals surface area contributed by atoms with E-state index in [1.54, 1.807) is 19.9 Å². The summed E-state index contributed by atoms with van der Waals surface area (Å²) in [5, 5.41) is 15.0. The van der Waals surface area contributed by atoms with Gasteiger partial charge in [-0.2, -0.15) is 0 Å². The van der Waals surface area contributed by atoms with E-state index >= 15 is 0 Å². The van der Waals surface area contributed by atoms with Crippen molar-refractivity contribution in [3.63, 3.8) is 0 Å². The lowest BCUT2D eigenvalue weighted by Crippen LogP contribution is -2.01. The molecular weight excluding hydrogens is 188 g/mol. The molecule has 13 heavy (non-hydrogen) atoms. The third kappa shape index (κ3) is 3.90. The van der Waals surface area contributed by atoms with E-state index in [9.17, 15) is 0 Å². The number of hydrogen-bond acceptors (Lipinski definition) is 3. The Kier molecular flexibility index (Phi) is 5.07. The summed E-state index contributed by atoms with van der Waals surface area (Å²) in [5.41, 5.74) is 0.402. The number of halogens is 1. The minimum atomic E-state index is 0.168. The van der Waals surface area contributed by atoms with Gasteiger partial charge in [-0.05, 0) is 26.0 Å². The number of rotatable bonds is 4. The zero-order valence-corrected chi connectivity index (χ0v) is 8.70. The van der Waals surface area contributed by atoms with Crippen molar-refractivity contribution in [2.24, 2.45) is 0 Å². The van der Waals surface area contributed by atoms with E-state index in [2.05, 4.69) is 0 Å². The van der Waals surface area contributed by atoms with E-state index in [0.717, 1.165) is 0 Å². The molecule has 0 fully saturated rings. The Morgan fingerprint density at radius 2 is 1.92 bits per heavy atom. The highest BCUT2D eigenvalue weighted by Gasteiger charge is 2.03. The fourth-order valence-electron chi connectivity index (χ4n) is 0.689. The average molecular weight is 201 g/mol. The molecule has 0 aliphatic rings. The maximum Gasteiger partial charge on any atom is 0.139 e. The smallest absolute Gasteiger partial charge is 0.139 e. The van der Waals surface area contributed by atoms with Gasteiger partial charge < -0.3 is 10.1 Å². The van der Waals surface area contributed by atoms with Crippen molar-refractivity contribution in [1.82, 2.24) is 0 Å². The van der Waals surface area contributed by atoms with Gasteiger partial charge in [0.15, 0.2) is 0 Å². The van der Waals surface area contributed by atoms with Gasteiger partial charge in [0, 0.05) is 5.71 Å². The van der Waals surface area contributed by atoms with Crippen molar-refractivity contribution in [1.29, 1.82) is 10.8 Å². The Morgan fingerprint density at radius 1 is 1.38 bits per heavy atom. The summed E-state index contributed by atoms with van der Waals surface area (Å²) in [6, 6.07) is 0. The predicted octanol–water partition coefficient (Wildman–Crippen LogP) is 2.72. The van der Waals surface area contributed by atoms with Gasteiger partial charge in [0.05, 0.1) is 17.9 Å². The van der Waals surface area contributed by atoms with Crippen molar-refractivity contribution in [2.75, 3.05) is 7.11 Å². The van der Waals surface area contributed by atoms with Gasteiger partial charge in [-0.15, -0.1) is 0 Å². The first-order valence-electron chi connectivity index (χ1n) is 3.74. The quantitative estimate of drug-likeness (QED) is 0.532. The minimum absolute atomic E-state index is 0.168. The molecule has 0 rings (SSSR count). The summed E-state index contributed by atoms with van der Waals surface area (Å²) in [6.07, 6.45) is 3.06. The molecular formula is C9H13ClN2O. The second kappa shape index (κ2) is 5.54. The molecule has 0 bridgehead atoms. The number of methoxy groups -OCH3 is 1. The summed E-state index contributed by atoms with van der Waals surface area (Å²) < 4.78 is 4.90. The molecule has 0 unspecified atom stereocenters. The zero-order chi connectivity index (χ0) is 10.4. The highest BCUT2D eigenvalue weighted by atomic mass is 35.5. The summed E-state index contributed by atoms with van der Waals surface area (Å²) in [5.74, 6) is 0.444. The molecule has 0 amide bonds. The molecule has 0 spiro atoms. The van der Waals surface area contributed by atoms with Crippen LogP contribution in [0, 0.1) is 10.8 Å². The average Bonchev–Trinajstić information content (AvgIpc) is 2.06. The summed E-state index contributed by atoms with van der Waals surface area (Å²) in [6.45, 7) is 3.33. The Labute approximate surface area is 83.1 Å². The van der Waals surface area contributed by atoms with Gasteiger partial charge in [0.2, 0.25) is 0 Å². The maximum absolute atomic E-state index is 7.52. The molecule has 0 radical (unpaired) electrons. The number of allylic oxidation sites excluding steroid dienone is 3. The largest absolute Gasteiger partial charge is 0.495 e. The normalized spacial score (nSPS) is 12.6. The van der Waals surface area contributed by atoms with Crippen LogP contribution in [0.1, 0.15) is 13.8 Å². The number of ether oxygens (including phenoxy) is 1. The molecule has 4 heteroatoms. The van der Waals surface area contributed by atoms with Gasteiger partial charge in [0.25, 0.3) is 0 Å². The molecule has 0 aromatic heterocycles. The molecule has 2 N–H and O–H groups in total. The SMILES string of the molecule is CC=C(OC)C(=N)/C=C(/Cl)C(C)=N. The minimum Gasteiger partial charge on any atom is -0.495 e. The highest BCUT2D eigenvalue weighted by molar-refractivity contribution is 6.44. The molecule has 0 heterocycles. The zero-order valence-electron chi connectivity index (χ0n) is 7.94. The van der Waals surface area contributed by atoms with Crippen LogP contribution < -0.4 is 0 Å². The molecule has 0 aliphatic carbocycles. The molecule has 0 aliphatic heterocycles. The molecule has 0 saturated heterocycles. The second-order valence-corrected chi connectivity index (χ2v) is 2.80. The first kappa shape index (κ1) is 11.9. The van der Waals surface area contributed by atoms with Crippen molar-refractivity contribution >= 4 is 23.0 Å². The van der Waals surface area contributed by atoms with Crippen LogP contribution in [0.15, 0.2) is 22.9 Å². The van der Waals surface area contributed by atoms with Crippen LogP contribution in [-0.2, 0) is 4.74 Å². The molecule has 0 saturated carbocycles. The second-order valence-electron chi connectivity index (χ2n) is 2.39. The van der Waals surface area contributed by atoms with Gasteiger partial charge in [-0.25, -0.2) is 0 Å². The number of hydrogen-bond donors (Lipinski definition) is 2. The van der Waals surface area contributed by atoms with E-state index in [1.165, 1.54) is 13.2 Å². The van der Waals surface area contributed by atoms with Gasteiger partial charge >= 0.3 is 0 Å². The Morgan fingerprint density at radius 3 is 2.23 bits per heavy atom. The summed E-state index contributed by atoms with van der Waals surface area (Å²) in [4.78, 5) is 0. The predicted molar refractivity (Wildman–Crippen MR) is 55.8 cm³/mol. The first-order valence-corrected chi connectivity index (χ1v) is 4.12. The van der Waals surface area contributed by atoms with Gasteiger partial charge in [-0.3, -0.25) is 5.41 Å². The molecule has 72 valence electrons. The van der Waals surface area contributed by atoms with Gasteiger partial charge in [-0.1, -0.05) is 11.6 Å². The van der Waals surface area contributed by atoms with E-state index in [1.807, 2.05) is 0 Å². The van der Waals surface area contributed by atoms with Crippen LogP contribution in [0.3, 0.4) is 0 Å². The molecule has 0 aromatic carbocycles. The highest BCUT2D eigenvalue weighted by Crippen LogP contribution is 2.07. The molecule has 0 atom stereocenters.